The van der Waals surface area contributed by atoms with Gasteiger partial charge in [-0.05, 0) is 0 Å². The number of hydrogen-bond acceptors (Lipinski definition) is 0. The van der Waals surface area contributed by atoms with E-state index in [1.165, 1.54) is 0 Å². The smallest absolute Gasteiger partial charge is 0.0647 e. The van der Waals surface area contributed by atoms with Gasteiger partial charge in [-0.1, -0.05) is 56.0 Å². The summed E-state index contributed by atoms with van der Waals surface area (Å²) in [5.41, 5.74) is 0. The van der Waals surface area contributed by atoms with E-state index in [0.29, 0.717) is 0 Å². The van der Waals surface area contributed by atoms with Crippen LogP contribution in [0.2, 0.25) is 13.1 Å². The van der Waals surface area contributed by atoms with Crippen molar-refractivity contribution in [1.82, 2.24) is 0 Å². The summed E-state index contributed by atoms with van der Waals surface area (Å²) in [7, 11) is -0.529. The maximum absolute atomic E-state index is 2.34. The molecule has 56 valence electrons. The molecule has 1 aromatic rings. The first-order valence-electron chi connectivity index (χ1n) is 3.35. The molecule has 0 aliphatic rings. The highest BCUT2D eigenvalue weighted by Crippen LogP contribution is 1.85. The van der Waals surface area contributed by atoms with Crippen LogP contribution in [0.1, 0.15) is 7.43 Å². The van der Waals surface area contributed by atoms with Gasteiger partial charge in [0.25, 0.3) is 0 Å². The number of rotatable bonds is 1. The van der Waals surface area contributed by atoms with Gasteiger partial charge < -0.3 is 0 Å². The predicted octanol–water partition coefficient (Wildman–Crippen LogP) is 2.02. The van der Waals surface area contributed by atoms with Crippen LogP contribution in [0.4, 0.5) is 0 Å². The summed E-state index contributed by atoms with van der Waals surface area (Å²) in [6.07, 6.45) is 0. The molecule has 1 rings (SSSR count). The van der Waals surface area contributed by atoms with Crippen LogP contribution < -0.4 is 5.19 Å². The molecule has 0 radical (unpaired) electrons. The molecule has 0 atom stereocenters. The van der Waals surface area contributed by atoms with Crippen LogP contribution in [-0.4, -0.2) is 8.80 Å². The third kappa shape index (κ3) is 2.36. The van der Waals surface area contributed by atoms with Crippen molar-refractivity contribution in [2.24, 2.45) is 0 Å². The number of hydrogen-bond donors (Lipinski definition) is 0. The molecular weight excluding hydrogens is 136 g/mol. The maximum atomic E-state index is 2.34. The van der Waals surface area contributed by atoms with Crippen molar-refractivity contribution < 1.29 is 0 Å². The molecule has 0 spiro atoms. The molecule has 0 aliphatic heterocycles. The third-order valence-electron chi connectivity index (χ3n) is 1.47. The molecular formula is C9H16Si. The molecule has 0 N–H and O–H groups in total. The normalized spacial score (nSPS) is 9.10. The zero-order chi connectivity index (χ0) is 6.69. The van der Waals surface area contributed by atoms with Gasteiger partial charge in [0, 0.05) is 0 Å². The zero-order valence-corrected chi connectivity index (χ0v) is 7.12. The fraction of sp³-hybridized carbons (Fsp3) is 0.333. The summed E-state index contributed by atoms with van der Waals surface area (Å²) < 4.78 is 0. The van der Waals surface area contributed by atoms with Crippen molar-refractivity contribution >= 4 is 14.0 Å². The van der Waals surface area contributed by atoms with E-state index >= 15 is 0 Å². The summed E-state index contributed by atoms with van der Waals surface area (Å²) in [6.45, 7) is 4.69. The van der Waals surface area contributed by atoms with Crippen molar-refractivity contribution in [3.8, 4) is 0 Å². The summed E-state index contributed by atoms with van der Waals surface area (Å²) >= 11 is 0. The van der Waals surface area contributed by atoms with Crippen LogP contribution in [0, 0.1) is 0 Å². The Bertz CT molecular complexity index is 167. The van der Waals surface area contributed by atoms with Gasteiger partial charge in [0.1, 0.15) is 0 Å². The fourth-order valence-electron chi connectivity index (χ4n) is 0.838. The molecule has 0 nitrogen and oxygen atoms in total. The van der Waals surface area contributed by atoms with Crippen LogP contribution in [0.5, 0.6) is 0 Å². The quantitative estimate of drug-likeness (QED) is 0.540. The van der Waals surface area contributed by atoms with Gasteiger partial charge in [-0.3, -0.25) is 0 Å². The van der Waals surface area contributed by atoms with E-state index in [-0.39, 0.29) is 7.43 Å². The topological polar surface area (TPSA) is 0 Å². The molecule has 0 saturated heterocycles. The Morgan fingerprint density at radius 3 is 1.80 bits per heavy atom. The molecule has 0 amide bonds. The van der Waals surface area contributed by atoms with E-state index in [4.69, 9.17) is 0 Å². The van der Waals surface area contributed by atoms with Crippen LogP contribution >= 0.6 is 0 Å². The lowest BCUT2D eigenvalue weighted by Gasteiger charge is -1.99. The first-order chi connectivity index (χ1) is 4.30. The Morgan fingerprint density at radius 1 is 1.00 bits per heavy atom. The first kappa shape index (κ1) is 9.44. The van der Waals surface area contributed by atoms with Gasteiger partial charge in [0.2, 0.25) is 0 Å². The van der Waals surface area contributed by atoms with Gasteiger partial charge >= 0.3 is 0 Å². The second kappa shape index (κ2) is 4.28. The molecule has 10 heavy (non-hydrogen) atoms. The van der Waals surface area contributed by atoms with Gasteiger partial charge in [0.15, 0.2) is 0 Å². The number of benzene rings is 1. The Kier molecular flexibility index (Phi) is 4.04. The Hall–Kier alpha value is -0.563. The van der Waals surface area contributed by atoms with Gasteiger partial charge in [-0.2, -0.15) is 0 Å². The predicted molar refractivity (Wildman–Crippen MR) is 51.7 cm³/mol. The van der Waals surface area contributed by atoms with Crippen molar-refractivity contribution in [2.45, 2.75) is 20.5 Å². The molecule has 1 heteroatoms. The average molecular weight is 152 g/mol. The van der Waals surface area contributed by atoms with Crippen molar-refractivity contribution in [2.75, 3.05) is 0 Å². The monoisotopic (exact) mass is 152 g/mol. The first-order valence-corrected chi connectivity index (χ1v) is 6.24. The molecule has 0 saturated carbocycles. The summed E-state index contributed by atoms with van der Waals surface area (Å²) in [4.78, 5) is 0. The summed E-state index contributed by atoms with van der Waals surface area (Å²) in [5, 5.41) is 1.55. The molecule has 0 aliphatic carbocycles. The summed E-state index contributed by atoms with van der Waals surface area (Å²) in [6, 6.07) is 10.7. The van der Waals surface area contributed by atoms with Crippen molar-refractivity contribution in [3.05, 3.63) is 30.3 Å². The van der Waals surface area contributed by atoms with Crippen LogP contribution in [0.3, 0.4) is 0 Å². The van der Waals surface area contributed by atoms with Crippen LogP contribution in [-0.2, 0) is 0 Å². The highest BCUT2D eigenvalue weighted by Gasteiger charge is 1.95. The van der Waals surface area contributed by atoms with E-state index in [2.05, 4.69) is 43.4 Å². The SMILES string of the molecule is C.C[SiH](C)c1ccccc1. The largest absolute Gasteiger partial charge is 0.0776 e. The zero-order valence-electron chi connectivity index (χ0n) is 5.96. The lowest BCUT2D eigenvalue weighted by atomic mass is 10.4. The van der Waals surface area contributed by atoms with Crippen LogP contribution in [0.25, 0.3) is 0 Å². The molecule has 0 unspecified atom stereocenters. The van der Waals surface area contributed by atoms with Gasteiger partial charge in [-0.25, -0.2) is 0 Å². The molecule has 0 heterocycles. The van der Waals surface area contributed by atoms with E-state index in [1.54, 1.807) is 5.19 Å². The summed E-state index contributed by atoms with van der Waals surface area (Å²) in [5.74, 6) is 0. The lowest BCUT2D eigenvalue weighted by Crippen LogP contribution is -2.21. The van der Waals surface area contributed by atoms with Crippen molar-refractivity contribution in [1.29, 1.82) is 0 Å². The molecule has 0 fully saturated rings. The second-order valence-corrected chi connectivity index (χ2v) is 5.54. The minimum Gasteiger partial charge on any atom is -0.0776 e. The van der Waals surface area contributed by atoms with Gasteiger partial charge in [0.05, 0.1) is 8.80 Å². The lowest BCUT2D eigenvalue weighted by molar-refractivity contribution is 1.74. The van der Waals surface area contributed by atoms with E-state index < -0.39 is 8.80 Å². The Labute approximate surface area is 65.5 Å². The fourth-order valence-corrected chi connectivity index (χ4v) is 1.83. The highest BCUT2D eigenvalue weighted by atomic mass is 28.3. The minimum absolute atomic E-state index is 0. The maximum Gasteiger partial charge on any atom is 0.0647 e. The average Bonchev–Trinajstić information content (AvgIpc) is 1.90. The van der Waals surface area contributed by atoms with Gasteiger partial charge in [-0.15, -0.1) is 0 Å². The minimum atomic E-state index is -0.529. The Balaban J connectivity index is 0.000000810. The second-order valence-electron chi connectivity index (χ2n) is 2.57. The van der Waals surface area contributed by atoms with E-state index in [9.17, 15) is 0 Å². The molecule has 0 aromatic heterocycles. The highest BCUT2D eigenvalue weighted by molar-refractivity contribution is 6.70. The molecule has 0 bridgehead atoms. The van der Waals surface area contributed by atoms with Crippen molar-refractivity contribution in [3.63, 3.8) is 0 Å². The molecule has 1 aromatic carbocycles. The van der Waals surface area contributed by atoms with E-state index in [0.717, 1.165) is 0 Å². The Morgan fingerprint density at radius 2 is 1.50 bits per heavy atom. The standard InChI is InChI=1S/C8H12Si.CH4/c1-9(2)8-6-4-3-5-7-8;/h3-7,9H,1-2H3;1H4. The third-order valence-corrected chi connectivity index (χ3v) is 3.18. The van der Waals surface area contributed by atoms with E-state index in [1.807, 2.05) is 0 Å². The van der Waals surface area contributed by atoms with Crippen LogP contribution in [0.15, 0.2) is 30.3 Å².